The molecule has 2 N–H and O–H groups in total. The number of anilines is 1. The zero-order valence-electron chi connectivity index (χ0n) is 17.5. The Hall–Kier alpha value is -2.47. The van der Waals surface area contributed by atoms with E-state index in [0.29, 0.717) is 24.4 Å². The summed E-state index contributed by atoms with van der Waals surface area (Å²) in [7, 11) is -5.52. The van der Waals surface area contributed by atoms with Crippen molar-refractivity contribution in [2.24, 2.45) is 5.14 Å². The molecule has 0 spiro atoms. The van der Waals surface area contributed by atoms with Crippen LogP contribution in [0.15, 0.2) is 53.4 Å². The minimum atomic E-state index is -3.76. The third-order valence-electron chi connectivity index (χ3n) is 5.97. The molecule has 2 aromatic rings. The molecule has 172 valence electrons. The maximum atomic E-state index is 13.1. The SMILES string of the molecule is COc1cccc(N2C(=O)CN(CCc3ccc(S(N)(=O)=O)cc3)[C@H]3CS(=O)(=O)C[C@H]32)c1. The Morgan fingerprint density at radius 3 is 2.44 bits per heavy atom. The number of carbonyl (C=O) groups excluding carboxylic acids is 1. The van der Waals surface area contributed by atoms with E-state index in [1.165, 1.54) is 19.2 Å². The van der Waals surface area contributed by atoms with Gasteiger partial charge in [-0.2, -0.15) is 0 Å². The minimum absolute atomic E-state index is 0.00420. The van der Waals surface area contributed by atoms with E-state index in [-0.39, 0.29) is 34.9 Å². The summed E-state index contributed by atoms with van der Waals surface area (Å²) in [4.78, 5) is 16.6. The summed E-state index contributed by atoms with van der Waals surface area (Å²) in [6, 6.07) is 12.5. The van der Waals surface area contributed by atoms with Crippen LogP contribution in [0.4, 0.5) is 5.69 Å². The van der Waals surface area contributed by atoms with E-state index in [1.54, 1.807) is 41.3 Å². The van der Waals surface area contributed by atoms with Gasteiger partial charge in [0.2, 0.25) is 15.9 Å². The van der Waals surface area contributed by atoms with Crippen LogP contribution in [0.2, 0.25) is 0 Å². The normalized spacial score (nSPS) is 23.2. The van der Waals surface area contributed by atoms with Crippen molar-refractivity contribution in [1.82, 2.24) is 4.90 Å². The third kappa shape index (κ3) is 4.65. The van der Waals surface area contributed by atoms with Gasteiger partial charge in [0, 0.05) is 24.3 Å². The first-order valence-corrected chi connectivity index (χ1v) is 13.5. The van der Waals surface area contributed by atoms with Crippen LogP contribution in [0.5, 0.6) is 5.75 Å². The lowest BCUT2D eigenvalue weighted by Gasteiger charge is -2.43. The van der Waals surface area contributed by atoms with Gasteiger partial charge in [-0.05, 0) is 36.2 Å². The molecule has 0 aromatic heterocycles. The van der Waals surface area contributed by atoms with Gasteiger partial charge in [0.25, 0.3) is 0 Å². The van der Waals surface area contributed by atoms with Crippen LogP contribution in [-0.2, 0) is 31.1 Å². The number of sulfone groups is 1. The third-order valence-corrected chi connectivity index (χ3v) is 8.60. The molecule has 2 aromatic carbocycles. The first kappa shape index (κ1) is 22.7. The molecule has 0 bridgehead atoms. The number of benzene rings is 2. The number of carbonyl (C=O) groups is 1. The van der Waals surface area contributed by atoms with E-state index in [4.69, 9.17) is 9.88 Å². The first-order chi connectivity index (χ1) is 15.1. The highest BCUT2D eigenvalue weighted by Gasteiger charge is 2.49. The standard InChI is InChI=1S/C21H25N3O6S2/c1-30-17-4-2-3-16(11-17)24-20-14-31(26,27)13-19(20)23(12-21(24)25)10-9-15-5-7-18(8-6-15)32(22,28)29/h2-8,11,19-20H,9-10,12-14H2,1H3,(H2,22,28,29)/t19-,20+/m0/s1. The van der Waals surface area contributed by atoms with Crippen molar-refractivity contribution in [3.8, 4) is 5.75 Å². The molecule has 2 aliphatic rings. The van der Waals surface area contributed by atoms with E-state index in [9.17, 15) is 21.6 Å². The molecule has 0 saturated carbocycles. The molecule has 2 aliphatic heterocycles. The van der Waals surface area contributed by atoms with Crippen molar-refractivity contribution >= 4 is 31.5 Å². The Balaban J connectivity index is 1.55. The molecular weight excluding hydrogens is 454 g/mol. The fourth-order valence-corrected chi connectivity index (χ4v) is 6.91. The zero-order valence-corrected chi connectivity index (χ0v) is 19.2. The van der Waals surface area contributed by atoms with E-state index >= 15 is 0 Å². The van der Waals surface area contributed by atoms with Gasteiger partial charge in [-0.1, -0.05) is 18.2 Å². The molecule has 9 nitrogen and oxygen atoms in total. The van der Waals surface area contributed by atoms with Crippen LogP contribution >= 0.6 is 0 Å². The van der Waals surface area contributed by atoms with E-state index in [1.807, 2.05) is 4.90 Å². The van der Waals surface area contributed by atoms with Gasteiger partial charge in [0.05, 0.1) is 36.1 Å². The summed E-state index contributed by atoms with van der Waals surface area (Å²) in [5.74, 6) is 0.343. The lowest BCUT2D eigenvalue weighted by Crippen LogP contribution is -2.62. The molecule has 2 heterocycles. The van der Waals surface area contributed by atoms with Crippen molar-refractivity contribution in [3.63, 3.8) is 0 Å². The van der Waals surface area contributed by atoms with Gasteiger partial charge in [0.1, 0.15) is 5.75 Å². The predicted octanol–water partition coefficient (Wildman–Crippen LogP) is 0.400. The van der Waals surface area contributed by atoms with Crippen LogP contribution in [-0.4, -0.2) is 71.4 Å². The zero-order chi connectivity index (χ0) is 23.1. The van der Waals surface area contributed by atoms with Crippen LogP contribution in [0.1, 0.15) is 5.56 Å². The Kier molecular flexibility index (Phi) is 6.01. The number of hydrogen-bond donors (Lipinski definition) is 1. The smallest absolute Gasteiger partial charge is 0.241 e. The second kappa shape index (κ2) is 8.47. The number of methoxy groups -OCH3 is 1. The van der Waals surface area contributed by atoms with Crippen LogP contribution in [0.3, 0.4) is 0 Å². The lowest BCUT2D eigenvalue weighted by molar-refractivity contribution is -0.123. The van der Waals surface area contributed by atoms with Crippen molar-refractivity contribution in [2.75, 3.05) is 36.6 Å². The number of ether oxygens (including phenoxy) is 1. The summed E-state index contributed by atoms with van der Waals surface area (Å²) >= 11 is 0. The molecule has 2 fully saturated rings. The van der Waals surface area contributed by atoms with Gasteiger partial charge in [-0.25, -0.2) is 22.0 Å². The maximum absolute atomic E-state index is 13.1. The molecule has 1 amide bonds. The molecule has 2 atom stereocenters. The Bertz CT molecular complexity index is 1230. The Morgan fingerprint density at radius 1 is 1.09 bits per heavy atom. The number of amides is 1. The Morgan fingerprint density at radius 2 is 1.78 bits per heavy atom. The van der Waals surface area contributed by atoms with Gasteiger partial charge >= 0.3 is 0 Å². The second-order valence-corrected chi connectivity index (χ2v) is 11.8. The molecule has 32 heavy (non-hydrogen) atoms. The van der Waals surface area contributed by atoms with E-state index in [0.717, 1.165) is 5.56 Å². The number of nitrogens with zero attached hydrogens (tertiary/aromatic N) is 2. The largest absolute Gasteiger partial charge is 0.497 e. The van der Waals surface area contributed by atoms with Crippen LogP contribution in [0, 0.1) is 0 Å². The summed E-state index contributed by atoms with van der Waals surface area (Å²) in [6.45, 7) is 0.576. The second-order valence-electron chi connectivity index (χ2n) is 8.09. The van der Waals surface area contributed by atoms with Crippen molar-refractivity contribution in [3.05, 3.63) is 54.1 Å². The number of piperazine rings is 1. The summed E-state index contributed by atoms with van der Waals surface area (Å²) in [5, 5.41) is 5.13. The highest BCUT2D eigenvalue weighted by molar-refractivity contribution is 7.91. The predicted molar refractivity (Wildman–Crippen MR) is 120 cm³/mol. The fourth-order valence-electron chi connectivity index (χ4n) is 4.42. The number of nitrogens with two attached hydrogens (primary N) is 1. The van der Waals surface area contributed by atoms with E-state index in [2.05, 4.69) is 0 Å². The maximum Gasteiger partial charge on any atom is 0.241 e. The average Bonchev–Trinajstić information content (AvgIpc) is 3.06. The minimum Gasteiger partial charge on any atom is -0.497 e. The monoisotopic (exact) mass is 479 g/mol. The van der Waals surface area contributed by atoms with Crippen LogP contribution < -0.4 is 14.8 Å². The van der Waals surface area contributed by atoms with Crippen molar-refractivity contribution in [1.29, 1.82) is 0 Å². The number of sulfonamides is 1. The van der Waals surface area contributed by atoms with Crippen LogP contribution in [0.25, 0.3) is 0 Å². The van der Waals surface area contributed by atoms with Gasteiger partial charge in [-0.15, -0.1) is 0 Å². The number of primary sulfonamides is 1. The van der Waals surface area contributed by atoms with Gasteiger partial charge in [0.15, 0.2) is 9.84 Å². The van der Waals surface area contributed by atoms with Crippen molar-refractivity contribution in [2.45, 2.75) is 23.4 Å². The molecule has 11 heteroatoms. The summed E-state index contributed by atoms with van der Waals surface area (Å²) < 4.78 is 53.1. The number of rotatable bonds is 6. The molecule has 0 unspecified atom stereocenters. The number of fused-ring (bicyclic) bond motifs is 1. The summed E-state index contributed by atoms with van der Waals surface area (Å²) in [5.41, 5.74) is 1.50. The van der Waals surface area contributed by atoms with E-state index < -0.39 is 25.9 Å². The lowest BCUT2D eigenvalue weighted by atomic mass is 10.0. The first-order valence-electron chi connectivity index (χ1n) is 10.1. The average molecular weight is 480 g/mol. The Labute approximate surface area is 187 Å². The summed E-state index contributed by atoms with van der Waals surface area (Å²) in [6.07, 6.45) is 0.542. The quantitative estimate of drug-likeness (QED) is 0.635. The molecule has 4 rings (SSSR count). The molecule has 2 saturated heterocycles. The van der Waals surface area contributed by atoms with Gasteiger partial charge in [-0.3, -0.25) is 9.69 Å². The molecule has 0 radical (unpaired) electrons. The highest BCUT2D eigenvalue weighted by Crippen LogP contribution is 2.33. The molecular formula is C21H25N3O6S2. The highest BCUT2D eigenvalue weighted by atomic mass is 32.2. The van der Waals surface area contributed by atoms with Gasteiger partial charge < -0.3 is 9.64 Å². The fraction of sp³-hybridized carbons (Fsp3) is 0.381. The van der Waals surface area contributed by atoms with Crippen molar-refractivity contribution < 1.29 is 26.4 Å². The number of hydrogen-bond acceptors (Lipinski definition) is 7. The topological polar surface area (TPSA) is 127 Å². The molecule has 0 aliphatic carbocycles.